The lowest BCUT2D eigenvalue weighted by molar-refractivity contribution is 0.0733. The molecule has 2 aromatic carbocycles. The van der Waals surface area contributed by atoms with Crippen molar-refractivity contribution in [3.63, 3.8) is 0 Å². The van der Waals surface area contributed by atoms with Crippen molar-refractivity contribution in [2.75, 3.05) is 5.32 Å². The number of ether oxygens (including phenoxy) is 1. The van der Waals surface area contributed by atoms with Crippen LogP contribution in [0.1, 0.15) is 32.1 Å². The lowest BCUT2D eigenvalue weighted by atomic mass is 10.1. The van der Waals surface area contributed by atoms with E-state index in [1.54, 1.807) is 66.2 Å². The van der Waals surface area contributed by atoms with Gasteiger partial charge < -0.3 is 10.1 Å². The van der Waals surface area contributed by atoms with E-state index >= 15 is 0 Å². The van der Waals surface area contributed by atoms with Crippen LogP contribution in [0.2, 0.25) is 5.02 Å². The Balaban J connectivity index is 1.49. The van der Waals surface area contributed by atoms with Gasteiger partial charge in [0.1, 0.15) is 5.75 Å². The average molecular weight is 435 g/mol. The Morgan fingerprint density at radius 2 is 1.71 bits per heavy atom. The second-order valence-corrected chi connectivity index (χ2v) is 7.46. The van der Waals surface area contributed by atoms with E-state index in [-0.39, 0.29) is 5.91 Å². The number of anilines is 1. The lowest BCUT2D eigenvalue weighted by Gasteiger charge is -2.09. The van der Waals surface area contributed by atoms with Gasteiger partial charge in [0, 0.05) is 18.1 Å². The number of carbonyl (C=O) groups excluding carboxylic acids is 2. The molecule has 0 saturated carbocycles. The molecule has 0 unspecified atom stereocenters. The largest absolute Gasteiger partial charge is 0.423 e. The molecule has 8 heteroatoms. The Kier molecular flexibility index (Phi) is 5.44. The van der Waals surface area contributed by atoms with Crippen molar-refractivity contribution in [1.29, 1.82) is 0 Å². The van der Waals surface area contributed by atoms with Crippen LogP contribution in [0.3, 0.4) is 0 Å². The zero-order valence-corrected chi connectivity index (χ0v) is 17.9. The van der Waals surface area contributed by atoms with Crippen molar-refractivity contribution in [2.24, 2.45) is 7.05 Å². The Hall–Kier alpha value is -3.71. The van der Waals surface area contributed by atoms with E-state index in [1.165, 1.54) is 0 Å². The van der Waals surface area contributed by atoms with E-state index in [1.807, 2.05) is 14.0 Å². The van der Waals surface area contributed by atoms with Gasteiger partial charge in [-0.1, -0.05) is 23.7 Å². The highest BCUT2D eigenvalue weighted by atomic mass is 35.5. The van der Waals surface area contributed by atoms with Crippen LogP contribution in [0.4, 0.5) is 5.69 Å². The predicted molar refractivity (Wildman–Crippen MR) is 119 cm³/mol. The van der Waals surface area contributed by atoms with Crippen molar-refractivity contribution < 1.29 is 14.3 Å². The summed E-state index contributed by atoms with van der Waals surface area (Å²) in [6.07, 6.45) is 0. The quantitative estimate of drug-likeness (QED) is 0.371. The van der Waals surface area contributed by atoms with E-state index in [2.05, 4.69) is 15.4 Å². The zero-order chi connectivity index (χ0) is 22.1. The van der Waals surface area contributed by atoms with Gasteiger partial charge >= 0.3 is 5.97 Å². The normalized spacial score (nSPS) is 10.8. The molecule has 31 heavy (non-hydrogen) atoms. The van der Waals surface area contributed by atoms with Gasteiger partial charge in [-0.05, 0) is 56.3 Å². The third kappa shape index (κ3) is 4.13. The van der Waals surface area contributed by atoms with Crippen molar-refractivity contribution in [2.45, 2.75) is 13.8 Å². The number of hydrogen-bond acceptors (Lipinski definition) is 5. The summed E-state index contributed by atoms with van der Waals surface area (Å²) in [5.41, 5.74) is 3.37. The Morgan fingerprint density at radius 3 is 2.42 bits per heavy atom. The summed E-state index contributed by atoms with van der Waals surface area (Å²) in [5, 5.41) is 8.28. The molecule has 0 fully saturated rings. The number of aryl methyl sites for hydroxylation is 3. The van der Waals surface area contributed by atoms with Gasteiger partial charge in [-0.2, -0.15) is 5.10 Å². The van der Waals surface area contributed by atoms with Gasteiger partial charge in [-0.25, -0.2) is 9.78 Å². The number of fused-ring (bicyclic) bond motifs is 1. The first-order valence-electron chi connectivity index (χ1n) is 9.52. The van der Waals surface area contributed by atoms with Crippen LogP contribution in [0, 0.1) is 13.8 Å². The minimum absolute atomic E-state index is 0.322. The number of esters is 1. The summed E-state index contributed by atoms with van der Waals surface area (Å²) >= 11 is 6.06. The van der Waals surface area contributed by atoms with E-state index in [9.17, 15) is 9.59 Å². The summed E-state index contributed by atoms with van der Waals surface area (Å²) in [4.78, 5) is 29.6. The summed E-state index contributed by atoms with van der Waals surface area (Å²) in [7, 11) is 1.81. The Labute approximate surface area is 183 Å². The molecule has 0 atom stereocenters. The van der Waals surface area contributed by atoms with Gasteiger partial charge in [-0.15, -0.1) is 0 Å². The topological polar surface area (TPSA) is 86.1 Å². The summed E-state index contributed by atoms with van der Waals surface area (Å²) in [6.45, 7) is 3.62. The fourth-order valence-electron chi connectivity index (χ4n) is 3.25. The molecule has 0 spiro atoms. The van der Waals surface area contributed by atoms with E-state index in [0.29, 0.717) is 38.9 Å². The van der Waals surface area contributed by atoms with E-state index in [4.69, 9.17) is 16.3 Å². The summed E-state index contributed by atoms with van der Waals surface area (Å²) < 4.78 is 7.18. The maximum atomic E-state index is 12.7. The van der Waals surface area contributed by atoms with Crippen LogP contribution in [0.25, 0.3) is 11.0 Å². The molecule has 0 bridgehead atoms. The maximum absolute atomic E-state index is 12.7. The Bertz CT molecular complexity index is 1310. The minimum atomic E-state index is -0.511. The molecule has 0 aliphatic rings. The molecule has 2 aromatic heterocycles. The van der Waals surface area contributed by atoms with Gasteiger partial charge in [0.05, 0.1) is 27.5 Å². The number of halogens is 1. The highest BCUT2D eigenvalue weighted by Gasteiger charge is 2.17. The number of hydrogen-bond donors (Lipinski definition) is 1. The second kappa shape index (κ2) is 8.20. The molecule has 0 saturated heterocycles. The first kappa shape index (κ1) is 20.6. The third-order valence-electron chi connectivity index (χ3n) is 4.85. The minimum Gasteiger partial charge on any atom is -0.423 e. The average Bonchev–Trinajstić information content (AvgIpc) is 3.01. The number of nitrogens with zero attached hydrogens (tertiary/aromatic N) is 3. The number of rotatable bonds is 4. The fraction of sp³-hybridized carbons (Fsp3) is 0.130. The second-order valence-electron chi connectivity index (χ2n) is 7.05. The standard InChI is InChI=1S/C23H19ClN4O3/c1-13-19(12-18-14(2)27-28(3)21(18)25-13)23(30)31-16-10-8-15(9-11-16)26-22(29)17-6-4-5-7-20(17)24/h4-12H,1-3H3,(H,26,29). The fourth-order valence-corrected chi connectivity index (χ4v) is 3.47. The smallest absolute Gasteiger partial charge is 0.345 e. The summed E-state index contributed by atoms with van der Waals surface area (Å²) in [6, 6.07) is 15.1. The molecular formula is C23H19ClN4O3. The molecule has 0 radical (unpaired) electrons. The summed E-state index contributed by atoms with van der Waals surface area (Å²) in [5.74, 6) is -0.483. The van der Waals surface area contributed by atoms with Crippen LogP contribution in [0.15, 0.2) is 54.6 Å². The molecule has 2 heterocycles. The van der Waals surface area contributed by atoms with Crippen LogP contribution < -0.4 is 10.1 Å². The van der Waals surface area contributed by atoms with Crippen molar-refractivity contribution in [3.05, 3.63) is 82.1 Å². The molecule has 4 aromatic rings. The SMILES string of the molecule is Cc1nc2c(cc1C(=O)Oc1ccc(NC(=O)c3ccccc3Cl)cc1)c(C)nn2C. The number of nitrogens with one attached hydrogen (secondary N) is 1. The lowest BCUT2D eigenvalue weighted by Crippen LogP contribution is -2.13. The number of benzene rings is 2. The van der Waals surface area contributed by atoms with Crippen molar-refractivity contribution >= 4 is 40.2 Å². The Morgan fingerprint density at radius 1 is 1.00 bits per heavy atom. The van der Waals surface area contributed by atoms with Crippen molar-refractivity contribution in [3.8, 4) is 5.75 Å². The first-order chi connectivity index (χ1) is 14.8. The molecule has 156 valence electrons. The van der Waals surface area contributed by atoms with Crippen LogP contribution in [0.5, 0.6) is 5.75 Å². The third-order valence-corrected chi connectivity index (χ3v) is 5.18. The number of aromatic nitrogens is 3. The van der Waals surface area contributed by atoms with Gasteiger partial charge in [0.25, 0.3) is 5.91 Å². The van der Waals surface area contributed by atoms with Gasteiger partial charge in [-0.3, -0.25) is 9.48 Å². The van der Waals surface area contributed by atoms with Gasteiger partial charge in [0.2, 0.25) is 0 Å². The molecule has 0 aliphatic heterocycles. The number of amides is 1. The highest BCUT2D eigenvalue weighted by Crippen LogP contribution is 2.23. The molecule has 1 N–H and O–H groups in total. The molecular weight excluding hydrogens is 416 g/mol. The van der Waals surface area contributed by atoms with Crippen molar-refractivity contribution in [1.82, 2.24) is 14.8 Å². The van der Waals surface area contributed by atoms with Crippen LogP contribution in [-0.4, -0.2) is 26.6 Å². The first-order valence-corrected chi connectivity index (χ1v) is 9.90. The maximum Gasteiger partial charge on any atom is 0.345 e. The monoisotopic (exact) mass is 434 g/mol. The highest BCUT2D eigenvalue weighted by molar-refractivity contribution is 6.34. The molecule has 4 rings (SSSR count). The zero-order valence-electron chi connectivity index (χ0n) is 17.1. The number of carbonyl (C=O) groups is 2. The molecule has 1 amide bonds. The van der Waals surface area contributed by atoms with Crippen LogP contribution in [-0.2, 0) is 7.05 Å². The van der Waals surface area contributed by atoms with E-state index in [0.717, 1.165) is 11.1 Å². The van der Waals surface area contributed by atoms with Gasteiger partial charge in [0.15, 0.2) is 5.65 Å². The molecule has 0 aliphatic carbocycles. The number of pyridine rings is 1. The molecule has 7 nitrogen and oxygen atoms in total. The van der Waals surface area contributed by atoms with Crippen LogP contribution >= 0.6 is 11.6 Å². The van der Waals surface area contributed by atoms with E-state index < -0.39 is 5.97 Å². The predicted octanol–water partition coefficient (Wildman–Crippen LogP) is 4.71.